The minimum atomic E-state index is -0.259. The summed E-state index contributed by atoms with van der Waals surface area (Å²) in [5.41, 5.74) is 0. The summed E-state index contributed by atoms with van der Waals surface area (Å²) in [4.78, 5) is 23.9. The standard InChI is InChI=1S/C10H16N2O2/c1-6-3-7(4-6)11-8-5-9(13)12(2)10(8)14/h6-8,11H,3-5H2,1-2H3. The first-order valence-corrected chi connectivity index (χ1v) is 5.14. The van der Waals surface area contributed by atoms with Gasteiger partial charge in [0.05, 0.1) is 12.5 Å². The summed E-state index contributed by atoms with van der Waals surface area (Å²) in [6.07, 6.45) is 2.59. The van der Waals surface area contributed by atoms with E-state index in [2.05, 4.69) is 12.2 Å². The lowest BCUT2D eigenvalue weighted by molar-refractivity contribution is -0.137. The van der Waals surface area contributed by atoms with Crippen LogP contribution in [0, 0.1) is 5.92 Å². The van der Waals surface area contributed by atoms with Crippen molar-refractivity contribution in [3.05, 3.63) is 0 Å². The van der Waals surface area contributed by atoms with Crippen LogP contribution >= 0.6 is 0 Å². The maximum atomic E-state index is 11.5. The summed E-state index contributed by atoms with van der Waals surface area (Å²) in [6, 6.07) is 0.184. The number of nitrogens with zero attached hydrogens (tertiary/aromatic N) is 1. The molecule has 1 aliphatic heterocycles. The van der Waals surface area contributed by atoms with Crippen LogP contribution in [0.3, 0.4) is 0 Å². The monoisotopic (exact) mass is 196 g/mol. The van der Waals surface area contributed by atoms with Crippen LogP contribution in [0.5, 0.6) is 0 Å². The van der Waals surface area contributed by atoms with Gasteiger partial charge in [-0.15, -0.1) is 0 Å². The van der Waals surface area contributed by atoms with E-state index in [1.54, 1.807) is 7.05 Å². The first kappa shape index (κ1) is 9.65. The maximum absolute atomic E-state index is 11.5. The summed E-state index contributed by atoms with van der Waals surface area (Å²) in [6.45, 7) is 2.20. The zero-order valence-corrected chi connectivity index (χ0v) is 8.62. The van der Waals surface area contributed by atoms with Gasteiger partial charge in [-0.05, 0) is 18.8 Å². The SMILES string of the molecule is CC1CC(NC2CC(=O)N(C)C2=O)C1. The third-order valence-corrected chi connectivity index (χ3v) is 3.19. The molecule has 1 unspecified atom stereocenters. The highest BCUT2D eigenvalue weighted by Gasteiger charge is 2.38. The van der Waals surface area contributed by atoms with Crippen LogP contribution in [-0.2, 0) is 9.59 Å². The normalized spacial score (nSPS) is 37.6. The van der Waals surface area contributed by atoms with Crippen LogP contribution in [0.4, 0.5) is 0 Å². The third kappa shape index (κ3) is 1.54. The molecule has 1 aliphatic carbocycles. The van der Waals surface area contributed by atoms with Gasteiger partial charge in [-0.2, -0.15) is 0 Å². The summed E-state index contributed by atoms with van der Waals surface area (Å²) in [5, 5.41) is 3.24. The van der Waals surface area contributed by atoms with Crippen LogP contribution in [0.25, 0.3) is 0 Å². The van der Waals surface area contributed by atoms with E-state index in [0.717, 1.165) is 18.8 Å². The van der Waals surface area contributed by atoms with Gasteiger partial charge in [0.25, 0.3) is 0 Å². The molecule has 1 heterocycles. The average Bonchev–Trinajstić information content (AvgIpc) is 2.31. The molecule has 0 bridgehead atoms. The molecular formula is C10H16N2O2. The summed E-state index contributed by atoms with van der Waals surface area (Å²) in [5.74, 6) is 0.617. The van der Waals surface area contributed by atoms with Gasteiger partial charge in [-0.3, -0.25) is 14.5 Å². The molecule has 4 nitrogen and oxygen atoms in total. The second-order valence-corrected chi connectivity index (χ2v) is 4.49. The Balaban J connectivity index is 1.87. The van der Waals surface area contributed by atoms with Gasteiger partial charge in [-0.25, -0.2) is 0 Å². The van der Waals surface area contributed by atoms with Gasteiger partial charge in [0.2, 0.25) is 11.8 Å². The summed E-state index contributed by atoms with van der Waals surface area (Å²) >= 11 is 0. The van der Waals surface area contributed by atoms with Crippen molar-refractivity contribution < 1.29 is 9.59 Å². The van der Waals surface area contributed by atoms with Gasteiger partial charge in [0.15, 0.2) is 0 Å². The number of hydrogen-bond donors (Lipinski definition) is 1. The van der Waals surface area contributed by atoms with E-state index in [0.29, 0.717) is 12.5 Å². The molecule has 1 atom stereocenters. The Morgan fingerprint density at radius 1 is 1.36 bits per heavy atom. The lowest BCUT2D eigenvalue weighted by Gasteiger charge is -2.34. The quantitative estimate of drug-likeness (QED) is 0.639. The van der Waals surface area contributed by atoms with Crippen LogP contribution in [0.1, 0.15) is 26.2 Å². The minimum Gasteiger partial charge on any atom is -0.303 e. The Kier molecular flexibility index (Phi) is 2.31. The molecule has 14 heavy (non-hydrogen) atoms. The maximum Gasteiger partial charge on any atom is 0.246 e. The number of hydrogen-bond acceptors (Lipinski definition) is 3. The van der Waals surface area contributed by atoms with E-state index in [-0.39, 0.29) is 17.9 Å². The predicted molar refractivity (Wildman–Crippen MR) is 51.5 cm³/mol. The van der Waals surface area contributed by atoms with Crippen molar-refractivity contribution in [2.24, 2.45) is 5.92 Å². The largest absolute Gasteiger partial charge is 0.303 e. The second kappa shape index (κ2) is 3.35. The molecule has 2 aliphatic rings. The molecule has 0 aromatic carbocycles. The number of carbonyl (C=O) groups is 2. The summed E-state index contributed by atoms with van der Waals surface area (Å²) in [7, 11) is 1.55. The zero-order valence-electron chi connectivity index (χ0n) is 8.62. The second-order valence-electron chi connectivity index (χ2n) is 4.49. The molecule has 0 aromatic rings. The molecule has 2 amide bonds. The first-order chi connectivity index (χ1) is 6.58. The van der Waals surface area contributed by atoms with Crippen LogP contribution in [0.2, 0.25) is 0 Å². The Morgan fingerprint density at radius 2 is 2.00 bits per heavy atom. The van der Waals surface area contributed by atoms with Crippen molar-refractivity contribution in [2.45, 2.75) is 38.3 Å². The molecule has 2 fully saturated rings. The highest BCUT2D eigenvalue weighted by atomic mass is 16.2. The molecule has 0 spiro atoms. The van der Waals surface area contributed by atoms with Gasteiger partial charge in [0.1, 0.15) is 0 Å². The number of likely N-dealkylation sites (N-methyl/N-ethyl adjacent to an activating group) is 1. The number of likely N-dealkylation sites (tertiary alicyclic amines) is 1. The van der Waals surface area contributed by atoms with E-state index in [9.17, 15) is 9.59 Å². The number of carbonyl (C=O) groups excluding carboxylic acids is 2. The van der Waals surface area contributed by atoms with Crippen molar-refractivity contribution in [3.8, 4) is 0 Å². The number of nitrogens with one attached hydrogen (secondary N) is 1. The fourth-order valence-electron chi connectivity index (χ4n) is 2.21. The van der Waals surface area contributed by atoms with Crippen molar-refractivity contribution in [2.75, 3.05) is 7.05 Å². The number of rotatable bonds is 2. The Hall–Kier alpha value is -0.900. The topological polar surface area (TPSA) is 49.4 Å². The van der Waals surface area contributed by atoms with Gasteiger partial charge >= 0.3 is 0 Å². The van der Waals surface area contributed by atoms with E-state index in [4.69, 9.17) is 0 Å². The zero-order chi connectivity index (χ0) is 10.3. The highest BCUT2D eigenvalue weighted by Crippen LogP contribution is 2.27. The van der Waals surface area contributed by atoms with E-state index in [1.165, 1.54) is 4.90 Å². The number of amides is 2. The highest BCUT2D eigenvalue weighted by molar-refractivity contribution is 6.05. The fraction of sp³-hybridized carbons (Fsp3) is 0.800. The predicted octanol–water partition coefficient (Wildman–Crippen LogP) is 0.132. The lowest BCUT2D eigenvalue weighted by Crippen LogP contribution is -2.48. The summed E-state index contributed by atoms with van der Waals surface area (Å²) < 4.78 is 0. The van der Waals surface area contributed by atoms with Crippen molar-refractivity contribution in [3.63, 3.8) is 0 Å². The molecule has 1 saturated carbocycles. The van der Waals surface area contributed by atoms with E-state index >= 15 is 0 Å². The van der Waals surface area contributed by atoms with E-state index in [1.807, 2.05) is 0 Å². The molecular weight excluding hydrogens is 180 g/mol. The van der Waals surface area contributed by atoms with Crippen LogP contribution in [-0.4, -0.2) is 35.8 Å². The van der Waals surface area contributed by atoms with Crippen LogP contribution < -0.4 is 5.32 Å². The third-order valence-electron chi connectivity index (χ3n) is 3.19. The molecule has 1 saturated heterocycles. The molecule has 2 rings (SSSR count). The first-order valence-electron chi connectivity index (χ1n) is 5.14. The van der Waals surface area contributed by atoms with Crippen molar-refractivity contribution in [1.29, 1.82) is 0 Å². The molecule has 0 aromatic heterocycles. The Labute approximate surface area is 83.6 Å². The molecule has 1 N–H and O–H groups in total. The van der Waals surface area contributed by atoms with Crippen molar-refractivity contribution >= 4 is 11.8 Å². The van der Waals surface area contributed by atoms with Gasteiger partial charge in [-0.1, -0.05) is 6.92 Å². The smallest absolute Gasteiger partial charge is 0.246 e. The van der Waals surface area contributed by atoms with Crippen LogP contribution in [0.15, 0.2) is 0 Å². The molecule has 78 valence electrons. The van der Waals surface area contributed by atoms with E-state index < -0.39 is 0 Å². The minimum absolute atomic E-state index is 0.0696. The Bertz CT molecular complexity index is 271. The molecule has 4 heteroatoms. The van der Waals surface area contributed by atoms with Crippen molar-refractivity contribution in [1.82, 2.24) is 10.2 Å². The number of imide groups is 1. The Morgan fingerprint density at radius 3 is 2.43 bits per heavy atom. The average molecular weight is 196 g/mol. The fourth-order valence-corrected chi connectivity index (χ4v) is 2.21. The molecule has 0 radical (unpaired) electrons. The van der Waals surface area contributed by atoms with Gasteiger partial charge in [0, 0.05) is 13.1 Å². The lowest BCUT2D eigenvalue weighted by atomic mass is 9.81. The van der Waals surface area contributed by atoms with Gasteiger partial charge < -0.3 is 5.32 Å².